The van der Waals surface area contributed by atoms with Crippen molar-refractivity contribution >= 4 is 18.0 Å². The second-order valence-corrected chi connectivity index (χ2v) is 3.54. The first-order chi connectivity index (χ1) is 7.90. The molecule has 7 heteroatoms. The normalized spacial score (nSPS) is 11.5. The molecule has 0 aromatic carbocycles. The fourth-order valence-corrected chi connectivity index (χ4v) is 1.16. The first kappa shape index (κ1) is 15.2. The summed E-state index contributed by atoms with van der Waals surface area (Å²) in [6, 6.07) is -0.974. The Morgan fingerprint density at radius 3 is 2.41 bits per heavy atom. The molecule has 2 N–H and O–H groups in total. The van der Waals surface area contributed by atoms with Gasteiger partial charge in [-0.1, -0.05) is 0 Å². The van der Waals surface area contributed by atoms with E-state index in [9.17, 15) is 14.4 Å². The minimum absolute atomic E-state index is 0.154. The number of likely N-dealkylation sites (N-methyl/N-ethyl adjacent to an activating group) is 1. The van der Waals surface area contributed by atoms with Gasteiger partial charge >= 0.3 is 18.0 Å². The summed E-state index contributed by atoms with van der Waals surface area (Å²) in [5.41, 5.74) is 0. The molecule has 0 rings (SSSR count). The SMILES string of the molecule is CCN(CC(=O)OC)C(=O)NC(C)CC(=O)O. The van der Waals surface area contributed by atoms with E-state index >= 15 is 0 Å². The molecule has 7 nitrogen and oxygen atoms in total. The minimum atomic E-state index is -0.992. The smallest absolute Gasteiger partial charge is 0.325 e. The number of hydrogen-bond acceptors (Lipinski definition) is 4. The molecule has 0 spiro atoms. The lowest BCUT2D eigenvalue weighted by Gasteiger charge is -2.22. The van der Waals surface area contributed by atoms with Gasteiger partial charge in [-0.3, -0.25) is 9.59 Å². The number of esters is 1. The second kappa shape index (κ2) is 7.48. The van der Waals surface area contributed by atoms with Gasteiger partial charge in [0.25, 0.3) is 0 Å². The Morgan fingerprint density at radius 2 is 2.00 bits per heavy atom. The van der Waals surface area contributed by atoms with E-state index in [1.165, 1.54) is 12.0 Å². The molecule has 0 aliphatic rings. The number of aliphatic carboxylic acids is 1. The Morgan fingerprint density at radius 1 is 1.41 bits per heavy atom. The molecule has 0 heterocycles. The number of nitrogens with one attached hydrogen (secondary N) is 1. The number of urea groups is 1. The maximum absolute atomic E-state index is 11.6. The molecule has 0 aliphatic carbocycles. The predicted molar refractivity (Wildman–Crippen MR) is 59.5 cm³/mol. The largest absolute Gasteiger partial charge is 0.481 e. The lowest BCUT2D eigenvalue weighted by atomic mass is 10.2. The van der Waals surface area contributed by atoms with Crippen molar-refractivity contribution in [3.63, 3.8) is 0 Å². The molecule has 98 valence electrons. The summed E-state index contributed by atoms with van der Waals surface area (Å²) in [6.07, 6.45) is -0.165. The average Bonchev–Trinajstić information content (AvgIpc) is 2.23. The number of carboxylic acid groups (broad SMARTS) is 1. The molecule has 0 saturated carbocycles. The Balaban J connectivity index is 4.25. The van der Waals surface area contributed by atoms with E-state index in [0.717, 1.165) is 0 Å². The Hall–Kier alpha value is -1.79. The molecular formula is C10H18N2O5. The van der Waals surface area contributed by atoms with Crippen molar-refractivity contribution in [1.29, 1.82) is 0 Å². The molecule has 0 fully saturated rings. The van der Waals surface area contributed by atoms with Crippen molar-refractivity contribution in [1.82, 2.24) is 10.2 Å². The molecule has 0 aromatic rings. The molecule has 0 aliphatic heterocycles. The van der Waals surface area contributed by atoms with Gasteiger partial charge < -0.3 is 20.1 Å². The molecule has 2 amide bonds. The van der Waals surface area contributed by atoms with E-state index in [-0.39, 0.29) is 13.0 Å². The Bertz CT molecular complexity index is 292. The van der Waals surface area contributed by atoms with Gasteiger partial charge in [0, 0.05) is 12.6 Å². The number of amides is 2. The number of nitrogens with zero attached hydrogens (tertiary/aromatic N) is 1. The van der Waals surface area contributed by atoms with Gasteiger partial charge in [-0.15, -0.1) is 0 Å². The van der Waals surface area contributed by atoms with Gasteiger partial charge in [0.05, 0.1) is 13.5 Å². The number of ether oxygens (including phenoxy) is 1. The van der Waals surface area contributed by atoms with Crippen LogP contribution in [0.2, 0.25) is 0 Å². The third-order valence-electron chi connectivity index (χ3n) is 2.07. The maximum atomic E-state index is 11.6. The highest BCUT2D eigenvalue weighted by Gasteiger charge is 2.18. The summed E-state index contributed by atoms with van der Waals surface area (Å²) in [5.74, 6) is -1.51. The highest BCUT2D eigenvalue weighted by atomic mass is 16.5. The van der Waals surface area contributed by atoms with Crippen molar-refractivity contribution in [2.75, 3.05) is 20.2 Å². The van der Waals surface area contributed by atoms with E-state index < -0.39 is 24.0 Å². The van der Waals surface area contributed by atoms with Crippen LogP contribution < -0.4 is 5.32 Å². The van der Waals surface area contributed by atoms with Crippen molar-refractivity contribution in [3.05, 3.63) is 0 Å². The number of rotatable bonds is 6. The Kier molecular flexibility index (Phi) is 6.69. The zero-order valence-corrected chi connectivity index (χ0v) is 10.2. The number of hydrogen-bond donors (Lipinski definition) is 2. The maximum Gasteiger partial charge on any atom is 0.325 e. The van der Waals surface area contributed by atoms with Crippen LogP contribution in [0.4, 0.5) is 4.79 Å². The lowest BCUT2D eigenvalue weighted by molar-refractivity contribution is -0.141. The highest BCUT2D eigenvalue weighted by molar-refractivity contribution is 5.81. The molecule has 0 saturated heterocycles. The van der Waals surface area contributed by atoms with E-state index in [2.05, 4.69) is 10.1 Å². The number of carboxylic acids is 1. The second-order valence-electron chi connectivity index (χ2n) is 3.54. The van der Waals surface area contributed by atoms with Gasteiger partial charge in [0.1, 0.15) is 6.54 Å². The van der Waals surface area contributed by atoms with Crippen LogP contribution in [0.15, 0.2) is 0 Å². The Labute approximate surface area is 99.7 Å². The summed E-state index contributed by atoms with van der Waals surface area (Å²) in [7, 11) is 1.24. The standard InChI is InChI=1S/C10H18N2O5/c1-4-12(6-9(15)17-3)10(16)11-7(2)5-8(13)14/h7H,4-6H2,1-3H3,(H,11,16)(H,13,14). The minimum Gasteiger partial charge on any atom is -0.481 e. The summed E-state index contributed by atoms with van der Waals surface area (Å²) in [4.78, 5) is 34.3. The molecule has 0 aromatic heterocycles. The van der Waals surface area contributed by atoms with Gasteiger partial charge in [-0.05, 0) is 13.8 Å². The van der Waals surface area contributed by atoms with E-state index in [4.69, 9.17) is 5.11 Å². The average molecular weight is 246 g/mol. The molecule has 0 radical (unpaired) electrons. The molecule has 0 bridgehead atoms. The first-order valence-corrected chi connectivity index (χ1v) is 5.24. The lowest BCUT2D eigenvalue weighted by Crippen LogP contribution is -2.46. The van der Waals surface area contributed by atoms with Crippen molar-refractivity contribution in [3.8, 4) is 0 Å². The first-order valence-electron chi connectivity index (χ1n) is 5.24. The van der Waals surface area contributed by atoms with E-state index in [1.54, 1.807) is 13.8 Å². The van der Waals surface area contributed by atoms with Crippen LogP contribution in [0.1, 0.15) is 20.3 Å². The van der Waals surface area contributed by atoms with Gasteiger partial charge in [-0.25, -0.2) is 4.79 Å². The molecule has 17 heavy (non-hydrogen) atoms. The summed E-state index contributed by atoms with van der Waals surface area (Å²) in [6.45, 7) is 3.47. The van der Waals surface area contributed by atoms with Crippen LogP contribution in [-0.4, -0.2) is 54.2 Å². The van der Waals surface area contributed by atoms with E-state index in [1.807, 2.05) is 0 Å². The van der Waals surface area contributed by atoms with Crippen LogP contribution >= 0.6 is 0 Å². The van der Waals surface area contributed by atoms with Crippen LogP contribution in [-0.2, 0) is 14.3 Å². The van der Waals surface area contributed by atoms with Crippen molar-refractivity contribution in [2.45, 2.75) is 26.3 Å². The third-order valence-corrected chi connectivity index (χ3v) is 2.07. The number of carbonyl (C=O) groups is 3. The summed E-state index contributed by atoms with van der Waals surface area (Å²) in [5, 5.41) is 11.0. The van der Waals surface area contributed by atoms with Crippen LogP contribution in [0.25, 0.3) is 0 Å². The topological polar surface area (TPSA) is 95.9 Å². The van der Waals surface area contributed by atoms with Crippen molar-refractivity contribution in [2.24, 2.45) is 0 Å². The summed E-state index contributed by atoms with van der Waals surface area (Å²) < 4.78 is 4.45. The van der Waals surface area contributed by atoms with Gasteiger partial charge in [-0.2, -0.15) is 0 Å². The third kappa shape index (κ3) is 6.39. The van der Waals surface area contributed by atoms with Crippen LogP contribution in [0.5, 0.6) is 0 Å². The number of carbonyl (C=O) groups excluding carboxylic acids is 2. The fraction of sp³-hybridized carbons (Fsp3) is 0.700. The quantitative estimate of drug-likeness (QED) is 0.646. The zero-order valence-electron chi connectivity index (χ0n) is 10.2. The highest BCUT2D eigenvalue weighted by Crippen LogP contribution is 1.95. The van der Waals surface area contributed by atoms with Crippen LogP contribution in [0, 0.1) is 0 Å². The monoisotopic (exact) mass is 246 g/mol. The zero-order chi connectivity index (χ0) is 13.4. The van der Waals surface area contributed by atoms with Gasteiger partial charge in [0.2, 0.25) is 0 Å². The van der Waals surface area contributed by atoms with Crippen molar-refractivity contribution < 1.29 is 24.2 Å². The summed E-state index contributed by atoms with van der Waals surface area (Å²) >= 11 is 0. The molecule has 1 unspecified atom stereocenters. The van der Waals surface area contributed by atoms with Gasteiger partial charge in [0.15, 0.2) is 0 Å². The molecular weight excluding hydrogens is 228 g/mol. The predicted octanol–water partition coefficient (Wildman–Crippen LogP) is 0.0541. The van der Waals surface area contributed by atoms with Crippen LogP contribution in [0.3, 0.4) is 0 Å². The molecule has 1 atom stereocenters. The number of methoxy groups -OCH3 is 1. The fourth-order valence-electron chi connectivity index (χ4n) is 1.16. The van der Waals surface area contributed by atoms with E-state index in [0.29, 0.717) is 6.54 Å².